The molecule has 0 spiro atoms. The first-order valence-corrected chi connectivity index (χ1v) is 6.66. The van der Waals surface area contributed by atoms with E-state index in [1.54, 1.807) is 41.5 Å². The molecule has 0 bridgehead atoms. The quantitative estimate of drug-likeness (QED) is 0.796. The minimum absolute atomic E-state index is 0.0897. The summed E-state index contributed by atoms with van der Waals surface area (Å²) in [6.07, 6.45) is 0.0897. The number of rotatable bonds is 5. The van der Waals surface area contributed by atoms with E-state index in [1.807, 2.05) is 0 Å². The third-order valence-electron chi connectivity index (χ3n) is 2.71. The van der Waals surface area contributed by atoms with Crippen LogP contribution in [0.4, 0.5) is 0 Å². The molecule has 0 aliphatic rings. The van der Waals surface area contributed by atoms with Crippen LogP contribution in [0.1, 0.15) is 48.0 Å². The van der Waals surface area contributed by atoms with Crippen LogP contribution in [0.2, 0.25) is 0 Å². The Morgan fingerprint density at radius 3 is 1.90 bits per heavy atom. The first-order valence-electron chi connectivity index (χ1n) is 6.66. The van der Waals surface area contributed by atoms with Crippen molar-refractivity contribution in [2.75, 3.05) is 13.1 Å². The number of carboxylic acid groups (broad SMARTS) is 1. The molecule has 0 aromatic rings. The molecule has 0 unspecified atom stereocenters. The summed E-state index contributed by atoms with van der Waals surface area (Å²) in [5.74, 6) is -1.47. The molecule has 0 radical (unpaired) electrons. The molecule has 6 nitrogen and oxygen atoms in total. The van der Waals surface area contributed by atoms with Crippen molar-refractivity contribution in [2.45, 2.75) is 53.5 Å². The lowest BCUT2D eigenvalue weighted by atomic mass is 9.96. The van der Waals surface area contributed by atoms with E-state index in [4.69, 9.17) is 5.11 Å². The second-order valence-corrected chi connectivity index (χ2v) is 6.80. The number of carboxylic acids is 1. The van der Waals surface area contributed by atoms with Crippen LogP contribution in [0, 0.1) is 5.41 Å². The molecule has 6 heteroatoms. The van der Waals surface area contributed by atoms with Gasteiger partial charge in [-0.1, -0.05) is 20.8 Å². The molecule has 2 N–H and O–H groups in total. The minimum Gasteiger partial charge on any atom is -0.480 e. The summed E-state index contributed by atoms with van der Waals surface area (Å²) >= 11 is 0. The highest BCUT2D eigenvalue weighted by molar-refractivity contribution is 5.84. The maximum Gasteiger partial charge on any atom is 0.323 e. The van der Waals surface area contributed by atoms with Crippen LogP contribution in [-0.4, -0.2) is 46.4 Å². The van der Waals surface area contributed by atoms with Crippen molar-refractivity contribution in [2.24, 2.45) is 5.41 Å². The molecule has 0 rings (SSSR count). The Kier molecular flexibility index (Phi) is 6.19. The van der Waals surface area contributed by atoms with E-state index in [-0.39, 0.29) is 31.3 Å². The summed E-state index contributed by atoms with van der Waals surface area (Å²) in [6.45, 7) is 10.6. The number of hydrogen-bond donors (Lipinski definition) is 2. The van der Waals surface area contributed by atoms with Crippen molar-refractivity contribution in [3.63, 3.8) is 0 Å². The van der Waals surface area contributed by atoms with Crippen molar-refractivity contribution in [1.29, 1.82) is 0 Å². The number of nitrogens with zero attached hydrogens (tertiary/aromatic N) is 1. The Hall–Kier alpha value is -1.59. The summed E-state index contributed by atoms with van der Waals surface area (Å²) in [5.41, 5.74) is -1.07. The molecule has 0 aromatic heterocycles. The molecular formula is C14H26N2O4. The molecule has 0 saturated heterocycles. The molecule has 0 heterocycles. The molecule has 20 heavy (non-hydrogen) atoms. The summed E-state index contributed by atoms with van der Waals surface area (Å²) in [4.78, 5) is 35.8. The van der Waals surface area contributed by atoms with E-state index in [0.29, 0.717) is 0 Å². The fourth-order valence-electron chi connectivity index (χ4n) is 1.52. The van der Waals surface area contributed by atoms with E-state index >= 15 is 0 Å². The number of aliphatic carboxylic acids is 1. The number of nitrogens with one attached hydrogen (secondary N) is 1. The monoisotopic (exact) mass is 286 g/mol. The predicted octanol–water partition coefficient (Wildman–Crippen LogP) is 1.25. The number of carbonyl (C=O) groups is 3. The van der Waals surface area contributed by atoms with Gasteiger partial charge < -0.3 is 15.3 Å². The third kappa shape index (κ3) is 6.54. The Balaban J connectivity index is 4.50. The summed E-state index contributed by atoms with van der Waals surface area (Å²) in [5, 5.41) is 11.5. The largest absolute Gasteiger partial charge is 0.480 e. The second kappa shape index (κ2) is 6.72. The first-order chi connectivity index (χ1) is 8.85. The van der Waals surface area contributed by atoms with Crippen molar-refractivity contribution >= 4 is 17.8 Å². The fourth-order valence-corrected chi connectivity index (χ4v) is 1.52. The van der Waals surface area contributed by atoms with E-state index < -0.39 is 16.9 Å². The van der Waals surface area contributed by atoms with Gasteiger partial charge in [0.1, 0.15) is 6.54 Å². The lowest BCUT2D eigenvalue weighted by Gasteiger charge is -2.34. The minimum atomic E-state index is -1.05. The standard InChI is InChI=1S/C14H26N2O4/c1-13(2,3)12(20)15-8-7-10(17)16(9-11(18)19)14(4,5)6/h7-9H2,1-6H3,(H,15,20)(H,18,19). The third-order valence-corrected chi connectivity index (χ3v) is 2.71. The van der Waals surface area contributed by atoms with Crippen molar-refractivity contribution in [3.05, 3.63) is 0 Å². The zero-order valence-electron chi connectivity index (χ0n) is 13.2. The van der Waals surface area contributed by atoms with Crippen LogP contribution >= 0.6 is 0 Å². The number of hydrogen-bond acceptors (Lipinski definition) is 3. The van der Waals surface area contributed by atoms with E-state index in [1.165, 1.54) is 4.90 Å². The van der Waals surface area contributed by atoms with Gasteiger partial charge in [-0.05, 0) is 20.8 Å². The van der Waals surface area contributed by atoms with Gasteiger partial charge in [0.25, 0.3) is 0 Å². The van der Waals surface area contributed by atoms with Gasteiger partial charge in [-0.3, -0.25) is 14.4 Å². The zero-order chi connectivity index (χ0) is 16.1. The van der Waals surface area contributed by atoms with Gasteiger partial charge in [0, 0.05) is 23.9 Å². The SMILES string of the molecule is CC(C)(C)C(=O)NCCC(=O)N(CC(=O)O)C(C)(C)C. The van der Waals surface area contributed by atoms with Gasteiger partial charge in [0.2, 0.25) is 11.8 Å². The van der Waals surface area contributed by atoms with E-state index in [0.717, 1.165) is 0 Å². The van der Waals surface area contributed by atoms with Crippen LogP contribution in [0.15, 0.2) is 0 Å². The molecule has 116 valence electrons. The highest BCUT2D eigenvalue weighted by Crippen LogP contribution is 2.15. The van der Waals surface area contributed by atoms with Gasteiger partial charge >= 0.3 is 5.97 Å². The topological polar surface area (TPSA) is 86.7 Å². The Morgan fingerprint density at radius 1 is 1.05 bits per heavy atom. The summed E-state index contributed by atoms with van der Waals surface area (Å²) in [6, 6.07) is 0. The summed E-state index contributed by atoms with van der Waals surface area (Å²) < 4.78 is 0. The van der Waals surface area contributed by atoms with Crippen LogP contribution < -0.4 is 5.32 Å². The van der Waals surface area contributed by atoms with Crippen molar-refractivity contribution < 1.29 is 19.5 Å². The lowest BCUT2D eigenvalue weighted by Crippen LogP contribution is -2.49. The van der Waals surface area contributed by atoms with E-state index in [2.05, 4.69) is 5.32 Å². The van der Waals surface area contributed by atoms with Gasteiger partial charge in [-0.25, -0.2) is 0 Å². The Bertz CT molecular complexity index is 378. The predicted molar refractivity (Wildman–Crippen MR) is 76.2 cm³/mol. The molecule has 0 aromatic carbocycles. The summed E-state index contributed by atoms with van der Waals surface area (Å²) in [7, 11) is 0. The van der Waals surface area contributed by atoms with Crippen LogP contribution in [0.5, 0.6) is 0 Å². The fraction of sp³-hybridized carbons (Fsp3) is 0.786. The highest BCUT2D eigenvalue weighted by Gasteiger charge is 2.28. The molecule has 0 saturated carbocycles. The highest BCUT2D eigenvalue weighted by atomic mass is 16.4. The van der Waals surface area contributed by atoms with Gasteiger partial charge in [-0.2, -0.15) is 0 Å². The van der Waals surface area contributed by atoms with Crippen LogP contribution in [-0.2, 0) is 14.4 Å². The lowest BCUT2D eigenvalue weighted by molar-refractivity contribution is -0.148. The van der Waals surface area contributed by atoms with Crippen LogP contribution in [0.3, 0.4) is 0 Å². The average molecular weight is 286 g/mol. The molecule has 0 aliphatic heterocycles. The Morgan fingerprint density at radius 2 is 1.55 bits per heavy atom. The van der Waals surface area contributed by atoms with Crippen molar-refractivity contribution in [1.82, 2.24) is 10.2 Å². The molecule has 0 aliphatic carbocycles. The molecule has 0 atom stereocenters. The van der Waals surface area contributed by atoms with E-state index in [9.17, 15) is 14.4 Å². The molecule has 2 amide bonds. The van der Waals surface area contributed by atoms with Crippen LogP contribution in [0.25, 0.3) is 0 Å². The zero-order valence-corrected chi connectivity index (χ0v) is 13.2. The maximum absolute atomic E-state index is 12.1. The number of amides is 2. The second-order valence-electron chi connectivity index (χ2n) is 6.80. The van der Waals surface area contributed by atoms with Gasteiger partial charge in [0.15, 0.2) is 0 Å². The average Bonchev–Trinajstić information content (AvgIpc) is 2.22. The van der Waals surface area contributed by atoms with Crippen molar-refractivity contribution in [3.8, 4) is 0 Å². The maximum atomic E-state index is 12.1. The molecule has 0 fully saturated rings. The molecular weight excluding hydrogens is 260 g/mol. The number of carbonyl (C=O) groups excluding carboxylic acids is 2. The van der Waals surface area contributed by atoms with Gasteiger partial charge in [-0.15, -0.1) is 0 Å². The smallest absolute Gasteiger partial charge is 0.323 e. The normalized spacial score (nSPS) is 11.9. The van der Waals surface area contributed by atoms with Gasteiger partial charge in [0.05, 0.1) is 0 Å². The Labute approximate surface area is 120 Å². The first kappa shape index (κ1) is 18.4.